The van der Waals surface area contributed by atoms with Crippen molar-refractivity contribution in [3.63, 3.8) is 0 Å². The molecule has 0 N–H and O–H groups in total. The summed E-state index contributed by atoms with van der Waals surface area (Å²) in [6.07, 6.45) is 2.97. The Hall–Kier alpha value is -3.79. The fourth-order valence-corrected chi connectivity index (χ4v) is 6.03. The molecule has 3 aromatic rings. The van der Waals surface area contributed by atoms with Crippen molar-refractivity contribution in [1.82, 2.24) is 18.9 Å². The van der Waals surface area contributed by atoms with Crippen LogP contribution in [0.1, 0.15) is 43.9 Å². The van der Waals surface area contributed by atoms with Gasteiger partial charge in [0.05, 0.1) is 17.0 Å². The van der Waals surface area contributed by atoms with Gasteiger partial charge in [0.2, 0.25) is 11.8 Å². The van der Waals surface area contributed by atoms with Crippen molar-refractivity contribution in [2.24, 2.45) is 0 Å². The van der Waals surface area contributed by atoms with Crippen molar-refractivity contribution in [1.29, 1.82) is 0 Å². The number of hydrogen-bond acceptors (Lipinski definition) is 4. The molecule has 0 atom stereocenters. The molecule has 216 valence electrons. The third-order valence-electron chi connectivity index (χ3n) is 7.99. The van der Waals surface area contributed by atoms with E-state index in [1.807, 2.05) is 6.07 Å². The molecule has 1 aromatic heterocycles. The number of rotatable bonds is 5. The van der Waals surface area contributed by atoms with Gasteiger partial charge in [0.25, 0.3) is 5.56 Å². The normalized spacial score (nSPS) is 16.2. The zero-order chi connectivity index (χ0) is 29.4. The van der Waals surface area contributed by atoms with Crippen LogP contribution in [0.3, 0.4) is 0 Å². The van der Waals surface area contributed by atoms with Crippen molar-refractivity contribution in [2.45, 2.75) is 58.2 Å². The van der Waals surface area contributed by atoms with Crippen LogP contribution in [0.4, 0.5) is 8.78 Å². The van der Waals surface area contributed by atoms with E-state index in [9.17, 15) is 28.0 Å². The molecule has 8 nitrogen and oxygen atoms in total. The second-order valence-corrected chi connectivity index (χ2v) is 11.2. The minimum atomic E-state index is -0.701. The molecule has 0 aliphatic carbocycles. The predicted octanol–water partition coefficient (Wildman–Crippen LogP) is 3.81. The smallest absolute Gasteiger partial charge is 0.331 e. The summed E-state index contributed by atoms with van der Waals surface area (Å²) in [7, 11) is 0. The van der Waals surface area contributed by atoms with E-state index >= 15 is 0 Å². The van der Waals surface area contributed by atoms with Crippen LogP contribution in [0.5, 0.6) is 0 Å². The van der Waals surface area contributed by atoms with Crippen molar-refractivity contribution in [3.8, 4) is 11.1 Å². The molecular formula is C30H31ClF2N4O4. The van der Waals surface area contributed by atoms with Crippen molar-refractivity contribution < 1.29 is 18.4 Å². The maximum atomic E-state index is 14.3. The number of carbonyl (C=O) groups is 2. The highest BCUT2D eigenvalue weighted by molar-refractivity contribution is 6.33. The van der Waals surface area contributed by atoms with Gasteiger partial charge in [0, 0.05) is 49.0 Å². The van der Waals surface area contributed by atoms with E-state index in [1.54, 1.807) is 29.7 Å². The molecule has 0 bridgehead atoms. The first-order valence-corrected chi connectivity index (χ1v) is 14.1. The van der Waals surface area contributed by atoms with E-state index in [0.29, 0.717) is 44.5 Å². The number of halogens is 3. The maximum absolute atomic E-state index is 14.3. The van der Waals surface area contributed by atoms with Gasteiger partial charge < -0.3 is 9.80 Å². The fourth-order valence-electron chi connectivity index (χ4n) is 5.80. The van der Waals surface area contributed by atoms with Crippen molar-refractivity contribution in [3.05, 3.63) is 91.2 Å². The molecule has 2 aromatic carbocycles. The number of piperidine rings is 1. The maximum Gasteiger partial charge on any atom is 0.331 e. The topological polar surface area (TPSA) is 84.6 Å². The standard InChI is InChI=1S/C30H31ClF2N4O4/c1-18(2)37-29(40)23(21-6-4-8-25(33)28(21)31)16-35(30(37)41)17-27(39)34-12-10-20(11-13-34)36-14-9-19-5-3-7-24(32)22(19)15-26(36)38/h3-8,16,18,20H,9-15,17H2,1-2H3. The zero-order valence-electron chi connectivity index (χ0n) is 22.9. The monoisotopic (exact) mass is 584 g/mol. The van der Waals surface area contributed by atoms with Gasteiger partial charge in [-0.1, -0.05) is 35.9 Å². The van der Waals surface area contributed by atoms with Crippen LogP contribution in [-0.4, -0.2) is 56.4 Å². The van der Waals surface area contributed by atoms with E-state index in [-0.39, 0.29) is 52.8 Å². The zero-order valence-corrected chi connectivity index (χ0v) is 23.7. The lowest BCUT2D eigenvalue weighted by atomic mass is 10.0. The molecule has 2 amide bonds. The number of amides is 2. The lowest BCUT2D eigenvalue weighted by Crippen LogP contribution is -2.50. The number of fused-ring (bicyclic) bond motifs is 1. The highest BCUT2D eigenvalue weighted by Crippen LogP contribution is 2.28. The van der Waals surface area contributed by atoms with Gasteiger partial charge in [-0.05, 0) is 50.8 Å². The Bertz CT molecular complexity index is 1630. The molecule has 1 fully saturated rings. The molecule has 0 unspecified atom stereocenters. The van der Waals surface area contributed by atoms with Crippen LogP contribution < -0.4 is 11.2 Å². The molecule has 0 radical (unpaired) electrons. The summed E-state index contributed by atoms with van der Waals surface area (Å²) < 4.78 is 30.7. The molecule has 2 aliphatic heterocycles. The molecule has 0 saturated carbocycles. The first-order chi connectivity index (χ1) is 19.6. The average molecular weight is 585 g/mol. The number of hydrogen-bond donors (Lipinski definition) is 0. The number of likely N-dealkylation sites (tertiary alicyclic amines) is 1. The van der Waals surface area contributed by atoms with Crippen LogP contribution in [0, 0.1) is 11.6 Å². The second kappa shape index (κ2) is 11.6. The SMILES string of the molecule is CC(C)n1c(=O)c(-c2cccc(F)c2Cl)cn(CC(=O)N2CCC(N3CCc4cccc(F)c4CC3=O)CC2)c1=O. The molecule has 41 heavy (non-hydrogen) atoms. The quantitative estimate of drug-likeness (QED) is 0.457. The van der Waals surface area contributed by atoms with E-state index in [2.05, 4.69) is 0 Å². The molecular weight excluding hydrogens is 554 g/mol. The van der Waals surface area contributed by atoms with Crippen molar-refractivity contribution >= 4 is 23.4 Å². The first kappa shape index (κ1) is 28.7. The van der Waals surface area contributed by atoms with Gasteiger partial charge in [-0.2, -0.15) is 0 Å². The van der Waals surface area contributed by atoms with Gasteiger partial charge in [-0.25, -0.2) is 13.6 Å². The average Bonchev–Trinajstić information content (AvgIpc) is 3.11. The van der Waals surface area contributed by atoms with Gasteiger partial charge in [0.1, 0.15) is 18.2 Å². The van der Waals surface area contributed by atoms with E-state index in [4.69, 9.17) is 11.6 Å². The molecule has 0 spiro atoms. The van der Waals surface area contributed by atoms with Crippen LogP contribution in [0.2, 0.25) is 5.02 Å². The lowest BCUT2D eigenvalue weighted by Gasteiger charge is -2.38. The van der Waals surface area contributed by atoms with Crippen LogP contribution in [0.25, 0.3) is 11.1 Å². The van der Waals surface area contributed by atoms with Gasteiger partial charge in [-0.15, -0.1) is 0 Å². The van der Waals surface area contributed by atoms with Crippen LogP contribution in [0.15, 0.2) is 52.2 Å². The molecule has 2 aliphatic rings. The largest absolute Gasteiger partial charge is 0.341 e. The van der Waals surface area contributed by atoms with Crippen LogP contribution in [-0.2, 0) is 29.0 Å². The third-order valence-corrected chi connectivity index (χ3v) is 8.38. The highest BCUT2D eigenvalue weighted by Gasteiger charge is 2.32. The molecule has 1 saturated heterocycles. The highest BCUT2D eigenvalue weighted by atomic mass is 35.5. The minimum absolute atomic E-state index is 0.0198. The van der Waals surface area contributed by atoms with Crippen molar-refractivity contribution in [2.75, 3.05) is 19.6 Å². The number of nitrogens with zero attached hydrogens (tertiary/aromatic N) is 4. The molecule has 3 heterocycles. The van der Waals surface area contributed by atoms with Crippen LogP contribution >= 0.6 is 11.6 Å². The lowest BCUT2D eigenvalue weighted by molar-refractivity contribution is -0.136. The fraction of sp³-hybridized carbons (Fsp3) is 0.400. The molecule has 11 heteroatoms. The summed E-state index contributed by atoms with van der Waals surface area (Å²) in [4.78, 5) is 56.2. The third kappa shape index (κ3) is 5.57. The van der Waals surface area contributed by atoms with E-state index in [1.165, 1.54) is 30.5 Å². The van der Waals surface area contributed by atoms with Gasteiger partial charge in [0.15, 0.2) is 0 Å². The molecule has 5 rings (SSSR count). The number of carbonyl (C=O) groups excluding carboxylic acids is 2. The van der Waals surface area contributed by atoms with E-state index < -0.39 is 23.1 Å². The van der Waals surface area contributed by atoms with E-state index in [0.717, 1.165) is 14.7 Å². The summed E-state index contributed by atoms with van der Waals surface area (Å²) in [5, 5.41) is -0.243. The Morgan fingerprint density at radius 2 is 1.66 bits per heavy atom. The number of aromatic nitrogens is 2. The Labute approximate surface area is 240 Å². The second-order valence-electron chi connectivity index (χ2n) is 10.8. The summed E-state index contributed by atoms with van der Waals surface area (Å²) in [6, 6.07) is 8.39. The summed E-state index contributed by atoms with van der Waals surface area (Å²) in [6.45, 7) is 4.30. The van der Waals surface area contributed by atoms with Gasteiger partial charge >= 0.3 is 5.69 Å². The first-order valence-electron chi connectivity index (χ1n) is 13.7. The summed E-state index contributed by atoms with van der Waals surface area (Å²) >= 11 is 6.15. The Kier molecular flexibility index (Phi) is 8.13. The van der Waals surface area contributed by atoms with Gasteiger partial charge in [-0.3, -0.25) is 23.5 Å². The summed E-state index contributed by atoms with van der Waals surface area (Å²) in [5.41, 5.74) is 0.196. The Morgan fingerprint density at radius 1 is 0.976 bits per heavy atom. The number of benzene rings is 2. The predicted molar refractivity (Wildman–Crippen MR) is 151 cm³/mol. The Morgan fingerprint density at radius 3 is 2.37 bits per heavy atom. The minimum Gasteiger partial charge on any atom is -0.341 e. The Balaban J connectivity index is 1.32. The summed E-state index contributed by atoms with van der Waals surface area (Å²) in [5.74, 6) is -1.50.